The molecule has 27 heavy (non-hydrogen) atoms. The van der Waals surface area contributed by atoms with Crippen molar-refractivity contribution in [3.8, 4) is 0 Å². The van der Waals surface area contributed by atoms with Crippen molar-refractivity contribution >= 4 is 43.4 Å². The van der Waals surface area contributed by atoms with Gasteiger partial charge in [0.25, 0.3) is 10.0 Å². The Morgan fingerprint density at radius 3 is 2.52 bits per heavy atom. The highest BCUT2D eigenvalue weighted by molar-refractivity contribution is 7.99. The second-order valence-corrected chi connectivity index (χ2v) is 10.9. The van der Waals surface area contributed by atoms with E-state index in [-0.39, 0.29) is 27.5 Å². The molecule has 0 bridgehead atoms. The fourth-order valence-corrected chi connectivity index (χ4v) is 4.75. The third kappa shape index (κ3) is 6.07. The summed E-state index contributed by atoms with van der Waals surface area (Å²) in [6.45, 7) is 5.54. The van der Waals surface area contributed by atoms with Gasteiger partial charge in [0.2, 0.25) is 21.1 Å². The fraction of sp³-hybridized carbons (Fsp3) is 0.429. The van der Waals surface area contributed by atoms with Crippen molar-refractivity contribution in [3.63, 3.8) is 0 Å². The molecule has 0 amide bonds. The lowest BCUT2D eigenvalue weighted by Gasteiger charge is -2.10. The molecular formula is C14H20FN5O4S3. The lowest BCUT2D eigenvalue weighted by atomic mass is 10.3. The smallest absolute Gasteiger partial charge is 0.264 e. The van der Waals surface area contributed by atoms with E-state index in [1.807, 2.05) is 13.8 Å². The molecule has 0 aliphatic carbocycles. The molecule has 0 atom stereocenters. The summed E-state index contributed by atoms with van der Waals surface area (Å²) in [5, 5.41) is 6.90. The number of thioether (sulfide) groups is 1. The topological polar surface area (TPSA) is 134 Å². The van der Waals surface area contributed by atoms with Crippen LogP contribution in [0.1, 0.15) is 27.2 Å². The van der Waals surface area contributed by atoms with E-state index in [0.29, 0.717) is 11.6 Å². The number of rotatable bonds is 9. The van der Waals surface area contributed by atoms with E-state index in [2.05, 4.69) is 24.6 Å². The zero-order chi connectivity index (χ0) is 20.2. The van der Waals surface area contributed by atoms with Crippen LogP contribution in [0.2, 0.25) is 0 Å². The molecular weight excluding hydrogens is 417 g/mol. The molecule has 0 radical (unpaired) electrons. The summed E-state index contributed by atoms with van der Waals surface area (Å²) in [7, 11) is -7.82. The zero-order valence-electron chi connectivity index (χ0n) is 14.9. The van der Waals surface area contributed by atoms with Gasteiger partial charge in [-0.25, -0.2) is 31.0 Å². The Bertz CT molecular complexity index is 1010. The molecule has 2 aromatic rings. The Labute approximate surface area is 161 Å². The molecule has 1 aromatic carbocycles. The lowest BCUT2D eigenvalue weighted by Crippen LogP contribution is -2.18. The zero-order valence-corrected chi connectivity index (χ0v) is 17.3. The third-order valence-corrected chi connectivity index (χ3v) is 6.70. The summed E-state index contributed by atoms with van der Waals surface area (Å²) >= 11 is 1.34. The number of aromatic nitrogens is 3. The Balaban J connectivity index is 2.19. The van der Waals surface area contributed by atoms with E-state index >= 15 is 0 Å². The maximum Gasteiger partial charge on any atom is 0.264 e. The van der Waals surface area contributed by atoms with Gasteiger partial charge in [0.1, 0.15) is 5.82 Å². The second kappa shape index (κ2) is 8.44. The minimum atomic E-state index is -4.13. The van der Waals surface area contributed by atoms with E-state index in [1.54, 1.807) is 6.92 Å². The largest absolute Gasteiger partial charge is 0.281 e. The maximum atomic E-state index is 14.2. The van der Waals surface area contributed by atoms with Crippen LogP contribution >= 0.6 is 11.8 Å². The van der Waals surface area contributed by atoms with Crippen LogP contribution in [0.25, 0.3) is 0 Å². The number of hydrogen-bond donors (Lipinski definition) is 3. The minimum Gasteiger partial charge on any atom is -0.281 e. The summed E-state index contributed by atoms with van der Waals surface area (Å²) in [6, 6.07) is 2.87. The lowest BCUT2D eigenvalue weighted by molar-refractivity contribution is 0.594. The summed E-state index contributed by atoms with van der Waals surface area (Å²) in [6.07, 6.45) is 0.363. The molecule has 1 heterocycles. The van der Waals surface area contributed by atoms with E-state index in [0.717, 1.165) is 18.2 Å². The van der Waals surface area contributed by atoms with Gasteiger partial charge >= 0.3 is 0 Å². The van der Waals surface area contributed by atoms with E-state index in [4.69, 9.17) is 0 Å². The van der Waals surface area contributed by atoms with Crippen LogP contribution < -0.4 is 9.44 Å². The second-order valence-electron chi connectivity index (χ2n) is 5.80. The Morgan fingerprint density at radius 1 is 1.22 bits per heavy atom. The molecule has 0 aliphatic rings. The van der Waals surface area contributed by atoms with Crippen molar-refractivity contribution in [2.24, 2.45) is 0 Å². The molecule has 1 aromatic heterocycles. The number of H-pyrrole nitrogens is 1. The Morgan fingerprint density at radius 2 is 1.93 bits per heavy atom. The van der Waals surface area contributed by atoms with Crippen LogP contribution in [-0.2, 0) is 20.0 Å². The van der Waals surface area contributed by atoms with E-state index < -0.39 is 25.9 Å². The van der Waals surface area contributed by atoms with Crippen molar-refractivity contribution in [2.75, 3.05) is 15.2 Å². The molecule has 13 heteroatoms. The highest BCUT2D eigenvalue weighted by Gasteiger charge is 2.20. The first-order valence-corrected chi connectivity index (χ1v) is 12.0. The number of aromatic amines is 1. The maximum absolute atomic E-state index is 14.2. The van der Waals surface area contributed by atoms with Crippen LogP contribution in [0.15, 0.2) is 28.3 Å². The van der Waals surface area contributed by atoms with Gasteiger partial charge in [-0.15, -0.1) is 5.10 Å². The van der Waals surface area contributed by atoms with Gasteiger partial charge in [-0.2, -0.15) is 4.98 Å². The first-order valence-electron chi connectivity index (χ1n) is 7.94. The molecule has 2 rings (SSSR count). The quantitative estimate of drug-likeness (QED) is 0.513. The van der Waals surface area contributed by atoms with Crippen molar-refractivity contribution in [1.82, 2.24) is 15.2 Å². The first kappa shape index (κ1) is 21.4. The number of halogens is 1. The average molecular weight is 438 g/mol. The summed E-state index contributed by atoms with van der Waals surface area (Å²) < 4.78 is 66.6. The van der Waals surface area contributed by atoms with Gasteiger partial charge in [0, 0.05) is 5.25 Å². The molecule has 0 saturated carbocycles. The summed E-state index contributed by atoms with van der Waals surface area (Å²) in [5.74, 6) is -1.28. The van der Waals surface area contributed by atoms with Crippen molar-refractivity contribution < 1.29 is 21.2 Å². The van der Waals surface area contributed by atoms with E-state index in [9.17, 15) is 21.2 Å². The molecule has 0 spiro atoms. The molecule has 150 valence electrons. The minimum absolute atomic E-state index is 0.105. The van der Waals surface area contributed by atoms with Crippen molar-refractivity contribution in [2.45, 2.75) is 42.5 Å². The average Bonchev–Trinajstić information content (AvgIpc) is 2.94. The van der Waals surface area contributed by atoms with Gasteiger partial charge in [-0.1, -0.05) is 32.5 Å². The normalized spacial score (nSPS) is 12.3. The van der Waals surface area contributed by atoms with Crippen LogP contribution in [0.3, 0.4) is 0 Å². The molecule has 3 N–H and O–H groups in total. The monoisotopic (exact) mass is 437 g/mol. The Kier molecular flexibility index (Phi) is 6.70. The van der Waals surface area contributed by atoms with Gasteiger partial charge in [0.15, 0.2) is 0 Å². The number of nitrogens with zero attached hydrogens (tertiary/aromatic N) is 2. The van der Waals surface area contributed by atoms with Gasteiger partial charge in [-0.3, -0.25) is 4.72 Å². The molecule has 0 fully saturated rings. The van der Waals surface area contributed by atoms with Gasteiger partial charge < -0.3 is 0 Å². The van der Waals surface area contributed by atoms with Crippen molar-refractivity contribution in [3.05, 3.63) is 24.0 Å². The summed E-state index contributed by atoms with van der Waals surface area (Å²) in [4.78, 5) is 3.61. The van der Waals surface area contributed by atoms with Crippen LogP contribution in [-0.4, -0.2) is 43.0 Å². The third-order valence-electron chi connectivity index (χ3n) is 3.03. The van der Waals surface area contributed by atoms with Gasteiger partial charge in [0.05, 0.1) is 16.3 Å². The molecule has 9 nitrogen and oxygen atoms in total. The Hall–Kier alpha value is -1.86. The fourth-order valence-electron chi connectivity index (χ4n) is 1.97. The molecule has 0 aliphatic heterocycles. The van der Waals surface area contributed by atoms with E-state index in [1.165, 1.54) is 11.8 Å². The summed E-state index contributed by atoms with van der Waals surface area (Å²) in [5.41, 5.74) is -0.322. The number of anilines is 2. The van der Waals surface area contributed by atoms with Crippen LogP contribution in [0.5, 0.6) is 0 Å². The molecule has 0 saturated heterocycles. The van der Waals surface area contributed by atoms with Crippen molar-refractivity contribution in [1.29, 1.82) is 0 Å². The number of hydrogen-bond acceptors (Lipinski definition) is 7. The number of benzene rings is 1. The standard InChI is InChI=1S/C14H20FN5O4S3/c1-4-7-26(21,22)19-12-6-5-10(8-11(12)15)27(23,24)20-13-16-14(18-17-13)25-9(2)3/h5-6,8-9,19H,4,7H2,1-3H3,(H2,16,17,18,20). The molecule has 0 unspecified atom stereocenters. The highest BCUT2D eigenvalue weighted by atomic mass is 32.2. The SMILES string of the molecule is CCCS(=O)(=O)Nc1ccc(S(=O)(=O)Nc2nc(SC(C)C)n[nH]2)cc1F. The first-order chi connectivity index (χ1) is 12.5. The number of sulfonamides is 2. The van der Waals surface area contributed by atoms with Crippen LogP contribution in [0, 0.1) is 5.82 Å². The number of nitrogens with one attached hydrogen (secondary N) is 3. The highest BCUT2D eigenvalue weighted by Crippen LogP contribution is 2.23. The van der Waals surface area contributed by atoms with Gasteiger partial charge in [-0.05, 0) is 24.6 Å². The van der Waals surface area contributed by atoms with Crippen LogP contribution in [0.4, 0.5) is 16.0 Å². The predicted molar refractivity (Wildman–Crippen MR) is 102 cm³/mol. The predicted octanol–water partition coefficient (Wildman–Crippen LogP) is 2.40.